The monoisotopic (exact) mass is 245 g/mol. The van der Waals surface area contributed by atoms with Crippen molar-refractivity contribution in [3.05, 3.63) is 35.4 Å². The minimum absolute atomic E-state index is 0.175. The zero-order valence-electron chi connectivity index (χ0n) is 11.2. The predicted molar refractivity (Wildman–Crippen MR) is 75.8 cm³/mol. The number of hydrogen-bond donors (Lipinski definition) is 2. The number of likely N-dealkylation sites (tertiary alicyclic amines) is 1. The molecule has 1 saturated heterocycles. The molecular weight excluding hydrogens is 222 g/mol. The van der Waals surface area contributed by atoms with E-state index in [2.05, 4.69) is 17.9 Å². The van der Waals surface area contributed by atoms with E-state index < -0.39 is 0 Å². The highest BCUT2D eigenvalue weighted by atomic mass is 15.1. The molecule has 0 unspecified atom stereocenters. The fraction of sp³-hybridized carbons (Fsp3) is 0.533. The van der Waals surface area contributed by atoms with E-state index in [1.54, 1.807) is 0 Å². The van der Waals surface area contributed by atoms with E-state index in [1.807, 2.05) is 18.2 Å². The van der Waals surface area contributed by atoms with Crippen LogP contribution >= 0.6 is 0 Å². The first-order valence-corrected chi connectivity index (χ1v) is 6.85. The number of nitrogens with two attached hydrogens (primary N) is 1. The van der Waals surface area contributed by atoms with Crippen molar-refractivity contribution in [1.29, 1.82) is 5.41 Å². The van der Waals surface area contributed by atoms with Crippen molar-refractivity contribution in [3.8, 4) is 0 Å². The Morgan fingerprint density at radius 1 is 1.33 bits per heavy atom. The second-order valence-electron chi connectivity index (χ2n) is 5.20. The van der Waals surface area contributed by atoms with Gasteiger partial charge >= 0.3 is 0 Å². The first-order chi connectivity index (χ1) is 8.70. The van der Waals surface area contributed by atoms with Gasteiger partial charge in [-0.1, -0.05) is 37.6 Å². The molecule has 0 aliphatic carbocycles. The summed E-state index contributed by atoms with van der Waals surface area (Å²) in [5.74, 6) is 1.08. The first-order valence-electron chi connectivity index (χ1n) is 6.85. The minimum Gasteiger partial charge on any atom is -0.384 e. The summed E-state index contributed by atoms with van der Waals surface area (Å²) in [5, 5.41) is 7.61. The summed E-state index contributed by atoms with van der Waals surface area (Å²) in [6.45, 7) is 5.55. The van der Waals surface area contributed by atoms with Crippen molar-refractivity contribution in [2.75, 3.05) is 13.1 Å². The number of rotatable bonds is 4. The van der Waals surface area contributed by atoms with Crippen molar-refractivity contribution in [3.63, 3.8) is 0 Å². The Morgan fingerprint density at radius 3 is 2.61 bits per heavy atom. The molecule has 2 rings (SSSR count). The molecule has 3 nitrogen and oxygen atoms in total. The largest absolute Gasteiger partial charge is 0.384 e. The fourth-order valence-electron chi connectivity index (χ4n) is 2.71. The summed E-state index contributed by atoms with van der Waals surface area (Å²) in [5.41, 5.74) is 7.69. The highest BCUT2D eigenvalue weighted by Gasteiger charge is 2.18. The summed E-state index contributed by atoms with van der Waals surface area (Å²) < 4.78 is 0. The molecule has 18 heavy (non-hydrogen) atoms. The lowest BCUT2D eigenvalue weighted by atomic mass is 9.94. The average Bonchev–Trinajstić information content (AvgIpc) is 2.40. The van der Waals surface area contributed by atoms with Gasteiger partial charge in [-0.25, -0.2) is 0 Å². The summed E-state index contributed by atoms with van der Waals surface area (Å²) in [7, 11) is 0. The number of nitrogens with zero attached hydrogens (tertiary/aromatic N) is 1. The van der Waals surface area contributed by atoms with Gasteiger partial charge in [0.2, 0.25) is 0 Å². The lowest BCUT2D eigenvalue weighted by Crippen LogP contribution is -2.33. The van der Waals surface area contributed by atoms with Gasteiger partial charge in [-0.3, -0.25) is 10.3 Å². The maximum atomic E-state index is 7.61. The van der Waals surface area contributed by atoms with Crippen LogP contribution in [0.2, 0.25) is 0 Å². The predicted octanol–water partition coefficient (Wildman–Crippen LogP) is 2.59. The molecule has 0 atom stereocenters. The summed E-state index contributed by atoms with van der Waals surface area (Å²) in [4.78, 5) is 2.48. The molecule has 1 fully saturated rings. The molecule has 1 aliphatic rings. The number of nitrogens with one attached hydrogen (secondary N) is 1. The number of benzene rings is 1. The van der Waals surface area contributed by atoms with Crippen LogP contribution in [0.15, 0.2) is 24.3 Å². The van der Waals surface area contributed by atoms with E-state index in [1.165, 1.54) is 37.9 Å². The van der Waals surface area contributed by atoms with Crippen LogP contribution in [0.1, 0.15) is 37.3 Å². The molecule has 0 spiro atoms. The van der Waals surface area contributed by atoms with E-state index in [9.17, 15) is 0 Å². The Hall–Kier alpha value is -1.35. The quantitative estimate of drug-likeness (QED) is 0.633. The van der Waals surface area contributed by atoms with Gasteiger partial charge in [0.1, 0.15) is 5.84 Å². The second kappa shape index (κ2) is 6.01. The highest BCUT2D eigenvalue weighted by Crippen LogP contribution is 2.22. The van der Waals surface area contributed by atoms with Crippen molar-refractivity contribution in [1.82, 2.24) is 4.90 Å². The van der Waals surface area contributed by atoms with Crippen molar-refractivity contribution in [2.45, 2.75) is 32.7 Å². The molecule has 0 bridgehead atoms. The fourth-order valence-corrected chi connectivity index (χ4v) is 2.71. The second-order valence-corrected chi connectivity index (χ2v) is 5.20. The molecule has 3 N–H and O–H groups in total. The van der Waals surface area contributed by atoms with Gasteiger partial charge in [0.15, 0.2) is 0 Å². The van der Waals surface area contributed by atoms with E-state index in [-0.39, 0.29) is 5.84 Å². The van der Waals surface area contributed by atoms with Crippen LogP contribution in [-0.4, -0.2) is 23.8 Å². The zero-order valence-corrected chi connectivity index (χ0v) is 11.2. The highest BCUT2D eigenvalue weighted by molar-refractivity contribution is 5.96. The van der Waals surface area contributed by atoms with E-state index in [4.69, 9.17) is 11.1 Å². The van der Waals surface area contributed by atoms with Crippen molar-refractivity contribution in [2.24, 2.45) is 11.7 Å². The maximum Gasteiger partial charge on any atom is 0.123 e. The minimum atomic E-state index is 0.175. The number of nitrogen functional groups attached to an aromatic ring is 1. The van der Waals surface area contributed by atoms with Gasteiger partial charge in [0.25, 0.3) is 0 Å². The maximum absolute atomic E-state index is 7.61. The SMILES string of the molecule is CCC1CCN(Cc2ccccc2C(=N)N)CC1. The molecule has 0 radical (unpaired) electrons. The van der Waals surface area contributed by atoms with Crippen LogP contribution in [0, 0.1) is 11.3 Å². The Labute approximate surface area is 109 Å². The average molecular weight is 245 g/mol. The molecule has 1 aliphatic heterocycles. The summed E-state index contributed by atoms with van der Waals surface area (Å²) >= 11 is 0. The van der Waals surface area contributed by atoms with Crippen LogP contribution in [0.3, 0.4) is 0 Å². The molecule has 0 aromatic heterocycles. The molecule has 98 valence electrons. The van der Waals surface area contributed by atoms with Crippen LogP contribution in [-0.2, 0) is 6.54 Å². The number of piperidine rings is 1. The Morgan fingerprint density at radius 2 is 2.00 bits per heavy atom. The molecule has 1 aromatic rings. The van der Waals surface area contributed by atoms with Crippen molar-refractivity contribution < 1.29 is 0 Å². The smallest absolute Gasteiger partial charge is 0.123 e. The van der Waals surface area contributed by atoms with Crippen LogP contribution < -0.4 is 5.73 Å². The van der Waals surface area contributed by atoms with Crippen LogP contribution in [0.4, 0.5) is 0 Å². The van der Waals surface area contributed by atoms with Gasteiger partial charge in [-0.2, -0.15) is 0 Å². The van der Waals surface area contributed by atoms with Crippen molar-refractivity contribution >= 4 is 5.84 Å². The molecule has 3 heteroatoms. The van der Waals surface area contributed by atoms with Gasteiger partial charge in [-0.05, 0) is 37.4 Å². The molecule has 0 saturated carbocycles. The third-order valence-electron chi connectivity index (χ3n) is 3.99. The van der Waals surface area contributed by atoms with Gasteiger partial charge in [0, 0.05) is 12.1 Å². The number of hydrogen-bond acceptors (Lipinski definition) is 2. The topological polar surface area (TPSA) is 53.1 Å². The lowest BCUT2D eigenvalue weighted by molar-refractivity contribution is 0.175. The van der Waals surface area contributed by atoms with Crippen LogP contribution in [0.5, 0.6) is 0 Å². The zero-order chi connectivity index (χ0) is 13.0. The van der Waals surface area contributed by atoms with Gasteiger partial charge in [-0.15, -0.1) is 0 Å². The molecule has 1 heterocycles. The first kappa shape index (κ1) is 13.1. The summed E-state index contributed by atoms with van der Waals surface area (Å²) in [6.07, 6.45) is 3.91. The number of amidine groups is 1. The molecular formula is C15H23N3. The Kier molecular flexibility index (Phi) is 4.37. The van der Waals surface area contributed by atoms with Gasteiger partial charge in [0.05, 0.1) is 0 Å². The standard InChI is InChI=1S/C15H23N3/c1-2-12-7-9-18(10-8-12)11-13-5-3-4-6-14(13)15(16)17/h3-6,12H,2,7-11H2,1H3,(H3,16,17). The Bertz CT molecular complexity index is 406. The van der Waals surface area contributed by atoms with E-state index in [0.717, 1.165) is 18.0 Å². The Balaban J connectivity index is 2.00. The van der Waals surface area contributed by atoms with Gasteiger partial charge < -0.3 is 5.73 Å². The van der Waals surface area contributed by atoms with Crippen LogP contribution in [0.25, 0.3) is 0 Å². The molecule has 0 amide bonds. The third kappa shape index (κ3) is 3.10. The normalized spacial score (nSPS) is 17.8. The lowest BCUT2D eigenvalue weighted by Gasteiger charge is -2.31. The molecule has 1 aromatic carbocycles. The third-order valence-corrected chi connectivity index (χ3v) is 3.99. The summed E-state index contributed by atoms with van der Waals surface area (Å²) in [6, 6.07) is 8.00. The van der Waals surface area contributed by atoms with E-state index in [0.29, 0.717) is 0 Å². The van der Waals surface area contributed by atoms with E-state index >= 15 is 0 Å².